The highest BCUT2D eigenvalue weighted by Crippen LogP contribution is 2.24. The first kappa shape index (κ1) is 18.8. The average molecular weight is 349 g/mol. The van der Waals surface area contributed by atoms with Crippen LogP contribution in [0, 0.1) is 0 Å². The molecule has 1 saturated heterocycles. The van der Waals surface area contributed by atoms with E-state index in [1.54, 1.807) is 11.8 Å². The minimum atomic E-state index is -0.0612. The lowest BCUT2D eigenvalue weighted by molar-refractivity contribution is -0.134. The molecule has 2 atom stereocenters. The zero-order chi connectivity index (χ0) is 17.5. The molecule has 1 aromatic rings. The monoisotopic (exact) mass is 348 g/mol. The quantitative estimate of drug-likeness (QED) is 0.860. The van der Waals surface area contributed by atoms with E-state index in [4.69, 9.17) is 0 Å². The summed E-state index contributed by atoms with van der Waals surface area (Å²) in [6.45, 7) is 5.43. The Morgan fingerprint density at radius 2 is 1.88 bits per heavy atom. The van der Waals surface area contributed by atoms with Crippen molar-refractivity contribution in [2.24, 2.45) is 0 Å². The number of benzene rings is 1. The van der Waals surface area contributed by atoms with E-state index in [0.717, 1.165) is 37.9 Å². The lowest BCUT2D eigenvalue weighted by Crippen LogP contribution is -2.49. The Balaban J connectivity index is 1.89. The largest absolute Gasteiger partial charge is 0.352 e. The summed E-state index contributed by atoms with van der Waals surface area (Å²) in [6.07, 6.45) is 4.43. The Morgan fingerprint density at radius 3 is 2.42 bits per heavy atom. The van der Waals surface area contributed by atoms with Gasteiger partial charge >= 0.3 is 0 Å². The fourth-order valence-electron chi connectivity index (χ4n) is 3.13. The Kier molecular flexibility index (Phi) is 7.16. The van der Waals surface area contributed by atoms with Crippen molar-refractivity contribution in [1.29, 1.82) is 0 Å². The van der Waals surface area contributed by atoms with Gasteiger partial charge in [0.05, 0.1) is 11.2 Å². The Bertz CT molecular complexity index is 542. The number of carbonyl (C=O) groups is 2. The number of nitrogens with zero attached hydrogens (tertiary/aromatic N) is 1. The molecule has 5 heteroatoms. The van der Waals surface area contributed by atoms with Gasteiger partial charge in [0.2, 0.25) is 11.8 Å². The summed E-state index contributed by atoms with van der Waals surface area (Å²) in [5.41, 5.74) is 1.09. The minimum Gasteiger partial charge on any atom is -0.352 e. The lowest BCUT2D eigenvalue weighted by atomic mass is 9.93. The van der Waals surface area contributed by atoms with Crippen molar-refractivity contribution in [3.63, 3.8) is 0 Å². The number of thioether (sulfide) groups is 1. The van der Waals surface area contributed by atoms with Gasteiger partial charge in [0, 0.05) is 19.1 Å². The second kappa shape index (κ2) is 9.11. The first-order valence-corrected chi connectivity index (χ1v) is 10.0. The maximum Gasteiger partial charge on any atom is 0.233 e. The molecule has 1 N–H and O–H groups in total. The van der Waals surface area contributed by atoms with Crippen molar-refractivity contribution in [1.82, 2.24) is 10.2 Å². The summed E-state index contributed by atoms with van der Waals surface area (Å²) in [5, 5.41) is 3.09. The van der Waals surface area contributed by atoms with Gasteiger partial charge in [0.15, 0.2) is 0 Å². The third-order valence-corrected chi connectivity index (χ3v) is 5.71. The summed E-state index contributed by atoms with van der Waals surface area (Å²) in [7, 11) is 0. The smallest absolute Gasteiger partial charge is 0.233 e. The standard InChI is InChI=1S/C19H28N2O2S/c1-4-17(15-8-6-5-7-9-15)19(23)21-12-10-16(11-13-21)20-18(22)14(2)24-3/h5-9,14,16-17H,4,10-13H2,1-3H3,(H,20,22)/t14-,17+/m1/s1. The first-order valence-electron chi connectivity index (χ1n) is 8.73. The van der Waals surface area contributed by atoms with Gasteiger partial charge in [0.1, 0.15) is 0 Å². The SMILES string of the molecule is CC[C@H](C(=O)N1CCC(NC(=O)[C@@H](C)SC)CC1)c1ccccc1. The Hall–Kier alpha value is -1.49. The van der Waals surface area contributed by atoms with E-state index >= 15 is 0 Å². The molecule has 0 unspecified atom stereocenters. The molecule has 0 aliphatic carbocycles. The molecule has 132 valence electrons. The molecule has 1 heterocycles. The predicted molar refractivity (Wildman–Crippen MR) is 100 cm³/mol. The van der Waals surface area contributed by atoms with Crippen LogP contribution in [-0.4, -0.2) is 47.4 Å². The molecule has 1 aliphatic rings. The van der Waals surface area contributed by atoms with Crippen molar-refractivity contribution < 1.29 is 9.59 Å². The van der Waals surface area contributed by atoms with Gasteiger partial charge in [-0.25, -0.2) is 0 Å². The normalized spacial score (nSPS) is 18.0. The van der Waals surface area contributed by atoms with E-state index in [9.17, 15) is 9.59 Å². The lowest BCUT2D eigenvalue weighted by Gasteiger charge is -2.34. The van der Waals surface area contributed by atoms with Crippen LogP contribution in [0.3, 0.4) is 0 Å². The fraction of sp³-hybridized carbons (Fsp3) is 0.579. The van der Waals surface area contributed by atoms with Gasteiger partial charge < -0.3 is 10.2 Å². The summed E-state index contributed by atoms with van der Waals surface area (Å²) >= 11 is 1.55. The van der Waals surface area contributed by atoms with Crippen LogP contribution < -0.4 is 5.32 Å². The first-order chi connectivity index (χ1) is 11.6. The summed E-state index contributed by atoms with van der Waals surface area (Å²) in [4.78, 5) is 26.8. The van der Waals surface area contributed by atoms with Gasteiger partial charge in [-0.3, -0.25) is 9.59 Å². The van der Waals surface area contributed by atoms with Gasteiger partial charge in [-0.05, 0) is 38.0 Å². The number of amides is 2. The van der Waals surface area contributed by atoms with E-state index < -0.39 is 0 Å². The maximum absolute atomic E-state index is 12.8. The van der Waals surface area contributed by atoms with Crippen LogP contribution in [0.2, 0.25) is 0 Å². The van der Waals surface area contributed by atoms with Crippen LogP contribution in [0.15, 0.2) is 30.3 Å². The fourth-order valence-corrected chi connectivity index (χ4v) is 3.41. The molecular weight excluding hydrogens is 320 g/mol. The van der Waals surface area contributed by atoms with Gasteiger partial charge in [-0.2, -0.15) is 11.8 Å². The van der Waals surface area contributed by atoms with E-state index in [1.807, 2.05) is 48.4 Å². The molecule has 2 amide bonds. The van der Waals surface area contributed by atoms with Gasteiger partial charge in [0.25, 0.3) is 0 Å². The third kappa shape index (κ3) is 4.76. The van der Waals surface area contributed by atoms with E-state index in [2.05, 4.69) is 12.2 Å². The van der Waals surface area contributed by atoms with Crippen molar-refractivity contribution >= 4 is 23.6 Å². The molecule has 1 aliphatic heterocycles. The molecule has 0 saturated carbocycles. The van der Waals surface area contributed by atoms with E-state index in [-0.39, 0.29) is 29.0 Å². The topological polar surface area (TPSA) is 49.4 Å². The van der Waals surface area contributed by atoms with Crippen LogP contribution in [0.4, 0.5) is 0 Å². The molecule has 4 nitrogen and oxygen atoms in total. The van der Waals surface area contributed by atoms with Crippen molar-refractivity contribution in [3.8, 4) is 0 Å². The number of hydrogen-bond acceptors (Lipinski definition) is 3. The van der Waals surface area contributed by atoms with Crippen LogP contribution in [0.5, 0.6) is 0 Å². The van der Waals surface area contributed by atoms with Gasteiger partial charge in [-0.1, -0.05) is 37.3 Å². The summed E-state index contributed by atoms with van der Waals surface area (Å²) in [6, 6.07) is 10.2. The van der Waals surface area contributed by atoms with Crippen LogP contribution in [0.25, 0.3) is 0 Å². The van der Waals surface area contributed by atoms with E-state index in [0.29, 0.717) is 0 Å². The van der Waals surface area contributed by atoms with Gasteiger partial charge in [-0.15, -0.1) is 0 Å². The molecule has 24 heavy (non-hydrogen) atoms. The third-order valence-electron chi connectivity index (χ3n) is 4.78. The number of nitrogens with one attached hydrogen (secondary N) is 1. The highest BCUT2D eigenvalue weighted by atomic mass is 32.2. The number of rotatable bonds is 6. The van der Waals surface area contributed by atoms with E-state index in [1.165, 1.54) is 0 Å². The predicted octanol–water partition coefficient (Wildman–Crippen LogP) is 3.04. The molecule has 2 rings (SSSR count). The Morgan fingerprint density at radius 1 is 1.25 bits per heavy atom. The maximum atomic E-state index is 12.8. The van der Waals surface area contributed by atoms with Crippen LogP contribution >= 0.6 is 11.8 Å². The number of piperidine rings is 1. The molecule has 0 aromatic heterocycles. The van der Waals surface area contributed by atoms with Crippen LogP contribution in [0.1, 0.15) is 44.6 Å². The minimum absolute atomic E-state index is 0.0211. The van der Waals surface area contributed by atoms with Crippen molar-refractivity contribution in [3.05, 3.63) is 35.9 Å². The number of likely N-dealkylation sites (tertiary alicyclic amines) is 1. The zero-order valence-electron chi connectivity index (χ0n) is 14.8. The van der Waals surface area contributed by atoms with Crippen molar-refractivity contribution in [2.75, 3.05) is 19.3 Å². The summed E-state index contributed by atoms with van der Waals surface area (Å²) < 4.78 is 0. The number of carbonyl (C=O) groups excluding carboxylic acids is 2. The molecule has 1 fully saturated rings. The molecule has 0 radical (unpaired) electrons. The second-order valence-electron chi connectivity index (χ2n) is 6.36. The average Bonchev–Trinajstić information content (AvgIpc) is 2.63. The van der Waals surface area contributed by atoms with Crippen molar-refractivity contribution in [2.45, 2.75) is 50.3 Å². The molecule has 0 spiro atoms. The Labute approximate surface area is 149 Å². The highest BCUT2D eigenvalue weighted by Gasteiger charge is 2.29. The van der Waals surface area contributed by atoms with Crippen LogP contribution in [-0.2, 0) is 9.59 Å². The number of hydrogen-bond donors (Lipinski definition) is 1. The molecule has 1 aromatic carbocycles. The molecular formula is C19H28N2O2S. The highest BCUT2D eigenvalue weighted by molar-refractivity contribution is 7.99. The second-order valence-corrected chi connectivity index (χ2v) is 7.54. The zero-order valence-corrected chi connectivity index (χ0v) is 15.6. The molecule has 0 bridgehead atoms. The summed E-state index contributed by atoms with van der Waals surface area (Å²) in [5.74, 6) is 0.253.